The molecule has 7 heteroatoms. The van der Waals surface area contributed by atoms with Gasteiger partial charge in [-0.3, -0.25) is 4.79 Å². The van der Waals surface area contributed by atoms with Gasteiger partial charge >= 0.3 is 5.97 Å². The van der Waals surface area contributed by atoms with Gasteiger partial charge in [-0.05, 0) is 30.3 Å². The molecular formula is C14H8BrClFNO3. The molecule has 0 atom stereocenters. The number of benzene rings is 2. The summed E-state index contributed by atoms with van der Waals surface area (Å²) in [4.78, 5) is 23.2. The number of carboxylic acid groups (broad SMARTS) is 1. The number of carboxylic acids is 1. The van der Waals surface area contributed by atoms with Crippen molar-refractivity contribution >= 4 is 45.1 Å². The van der Waals surface area contributed by atoms with Crippen molar-refractivity contribution in [3.05, 3.63) is 62.8 Å². The molecule has 2 aromatic carbocycles. The second-order valence-electron chi connectivity index (χ2n) is 4.08. The van der Waals surface area contributed by atoms with Gasteiger partial charge in [0.2, 0.25) is 0 Å². The van der Waals surface area contributed by atoms with Crippen LogP contribution in [0.2, 0.25) is 5.02 Å². The van der Waals surface area contributed by atoms with Gasteiger partial charge in [-0.2, -0.15) is 0 Å². The molecule has 0 bridgehead atoms. The second kappa shape index (κ2) is 6.24. The maximum absolute atomic E-state index is 13.3. The lowest BCUT2D eigenvalue weighted by Gasteiger charge is -2.10. The van der Waals surface area contributed by atoms with Crippen LogP contribution in [0, 0.1) is 5.82 Å². The van der Waals surface area contributed by atoms with E-state index >= 15 is 0 Å². The summed E-state index contributed by atoms with van der Waals surface area (Å²) in [6, 6.07) is 7.87. The van der Waals surface area contributed by atoms with Gasteiger partial charge in [0.1, 0.15) is 5.82 Å². The molecule has 0 aliphatic heterocycles. The topological polar surface area (TPSA) is 66.4 Å². The molecule has 2 N–H and O–H groups in total. The Morgan fingerprint density at radius 2 is 1.95 bits per heavy atom. The Morgan fingerprint density at radius 1 is 1.24 bits per heavy atom. The van der Waals surface area contributed by atoms with Crippen molar-refractivity contribution in [2.45, 2.75) is 0 Å². The Labute approximate surface area is 132 Å². The number of carbonyl (C=O) groups is 2. The van der Waals surface area contributed by atoms with Gasteiger partial charge in [-0.15, -0.1) is 0 Å². The molecular weight excluding hydrogens is 365 g/mol. The summed E-state index contributed by atoms with van der Waals surface area (Å²) < 4.78 is 13.7. The summed E-state index contributed by atoms with van der Waals surface area (Å²) in [5, 5.41) is 11.6. The normalized spacial score (nSPS) is 10.2. The van der Waals surface area contributed by atoms with Crippen LogP contribution in [0.4, 0.5) is 10.1 Å². The molecule has 0 spiro atoms. The summed E-state index contributed by atoms with van der Waals surface area (Å²) in [7, 11) is 0. The molecule has 0 heterocycles. The summed E-state index contributed by atoms with van der Waals surface area (Å²) in [5.41, 5.74) is -0.137. The highest BCUT2D eigenvalue weighted by Crippen LogP contribution is 2.27. The van der Waals surface area contributed by atoms with Crippen molar-refractivity contribution < 1.29 is 19.1 Å². The number of para-hydroxylation sites is 1. The summed E-state index contributed by atoms with van der Waals surface area (Å²) >= 11 is 8.98. The lowest BCUT2D eigenvalue weighted by molar-refractivity contribution is 0.0698. The van der Waals surface area contributed by atoms with E-state index in [2.05, 4.69) is 21.2 Å². The van der Waals surface area contributed by atoms with Gasteiger partial charge in [-0.1, -0.05) is 33.6 Å². The van der Waals surface area contributed by atoms with Crippen molar-refractivity contribution in [2.75, 3.05) is 5.32 Å². The van der Waals surface area contributed by atoms with Crippen LogP contribution in [0.1, 0.15) is 20.7 Å². The fourth-order valence-electron chi connectivity index (χ4n) is 1.70. The fourth-order valence-corrected chi connectivity index (χ4v) is 2.39. The SMILES string of the molecule is O=C(Nc1c(Cl)cccc1C(=O)O)c1cc(F)cc(Br)c1. The Morgan fingerprint density at radius 3 is 2.57 bits per heavy atom. The first-order chi connectivity index (χ1) is 9.88. The molecule has 0 radical (unpaired) electrons. The molecule has 2 rings (SSSR count). The minimum absolute atomic E-state index is 0.0305. The Hall–Kier alpha value is -1.92. The Kier molecular flexibility index (Phi) is 4.59. The van der Waals surface area contributed by atoms with Crippen molar-refractivity contribution in [2.24, 2.45) is 0 Å². The monoisotopic (exact) mass is 371 g/mol. The Bertz CT molecular complexity index is 716. The fraction of sp³-hybridized carbons (Fsp3) is 0. The van der Waals surface area contributed by atoms with Crippen LogP contribution in [0.15, 0.2) is 40.9 Å². The van der Waals surface area contributed by atoms with E-state index in [1.807, 2.05) is 0 Å². The van der Waals surface area contributed by atoms with Gasteiger partial charge in [0.05, 0.1) is 16.3 Å². The van der Waals surface area contributed by atoms with E-state index < -0.39 is 17.7 Å². The standard InChI is InChI=1S/C14H8BrClFNO3/c15-8-4-7(5-9(17)6-8)13(19)18-12-10(14(20)21)2-1-3-11(12)16/h1-6H,(H,18,19)(H,20,21). The van der Waals surface area contributed by atoms with Gasteiger partial charge in [0, 0.05) is 10.0 Å². The molecule has 108 valence electrons. The largest absolute Gasteiger partial charge is 0.478 e. The first-order valence-corrected chi connectivity index (χ1v) is 6.85. The summed E-state index contributed by atoms with van der Waals surface area (Å²) in [6.45, 7) is 0. The van der Waals surface area contributed by atoms with E-state index in [0.29, 0.717) is 4.47 Å². The van der Waals surface area contributed by atoms with Crippen LogP contribution < -0.4 is 5.32 Å². The third kappa shape index (κ3) is 3.59. The molecule has 4 nitrogen and oxygen atoms in total. The molecule has 0 saturated carbocycles. The molecule has 2 aromatic rings. The minimum Gasteiger partial charge on any atom is -0.478 e. The zero-order valence-electron chi connectivity index (χ0n) is 10.4. The molecule has 0 aliphatic carbocycles. The van der Waals surface area contributed by atoms with Crippen molar-refractivity contribution in [1.82, 2.24) is 0 Å². The lowest BCUT2D eigenvalue weighted by atomic mass is 10.1. The summed E-state index contributed by atoms with van der Waals surface area (Å²) in [6.07, 6.45) is 0. The molecule has 21 heavy (non-hydrogen) atoms. The van der Waals surface area contributed by atoms with E-state index in [4.69, 9.17) is 16.7 Å². The molecule has 0 fully saturated rings. The van der Waals surface area contributed by atoms with Gasteiger partial charge in [0.25, 0.3) is 5.91 Å². The predicted octanol–water partition coefficient (Wildman–Crippen LogP) is 4.19. The van der Waals surface area contributed by atoms with E-state index in [1.165, 1.54) is 30.3 Å². The number of carbonyl (C=O) groups excluding carboxylic acids is 1. The number of nitrogens with one attached hydrogen (secondary N) is 1. The number of rotatable bonds is 3. The van der Waals surface area contributed by atoms with E-state index in [0.717, 1.165) is 6.07 Å². The van der Waals surface area contributed by atoms with Crippen LogP contribution in [0.3, 0.4) is 0 Å². The van der Waals surface area contributed by atoms with E-state index in [1.54, 1.807) is 0 Å². The second-order valence-corrected chi connectivity index (χ2v) is 5.40. The average molecular weight is 373 g/mol. The number of anilines is 1. The van der Waals surface area contributed by atoms with Crippen molar-refractivity contribution in [1.29, 1.82) is 0 Å². The zero-order valence-corrected chi connectivity index (χ0v) is 12.7. The molecule has 0 aliphatic rings. The van der Waals surface area contributed by atoms with Gasteiger partial charge in [0.15, 0.2) is 0 Å². The third-order valence-corrected chi connectivity index (χ3v) is 3.38. The molecule has 0 aromatic heterocycles. The van der Waals surface area contributed by atoms with Crippen LogP contribution in [0.25, 0.3) is 0 Å². The number of hydrogen-bond donors (Lipinski definition) is 2. The van der Waals surface area contributed by atoms with Crippen LogP contribution in [-0.2, 0) is 0 Å². The summed E-state index contributed by atoms with van der Waals surface area (Å²) in [5.74, 6) is -2.48. The third-order valence-electron chi connectivity index (χ3n) is 2.61. The number of aromatic carboxylic acids is 1. The zero-order chi connectivity index (χ0) is 15.6. The quantitative estimate of drug-likeness (QED) is 0.849. The highest BCUT2D eigenvalue weighted by molar-refractivity contribution is 9.10. The van der Waals surface area contributed by atoms with Crippen LogP contribution >= 0.6 is 27.5 Å². The minimum atomic E-state index is -1.23. The highest BCUT2D eigenvalue weighted by atomic mass is 79.9. The number of halogens is 3. The maximum Gasteiger partial charge on any atom is 0.337 e. The Balaban J connectivity index is 2.38. The molecule has 0 saturated heterocycles. The maximum atomic E-state index is 13.3. The predicted molar refractivity (Wildman–Crippen MR) is 80.5 cm³/mol. The van der Waals surface area contributed by atoms with Gasteiger partial charge < -0.3 is 10.4 Å². The first-order valence-electron chi connectivity index (χ1n) is 5.67. The van der Waals surface area contributed by atoms with Crippen molar-refractivity contribution in [3.63, 3.8) is 0 Å². The van der Waals surface area contributed by atoms with Crippen molar-refractivity contribution in [3.8, 4) is 0 Å². The average Bonchev–Trinajstić information content (AvgIpc) is 2.39. The lowest BCUT2D eigenvalue weighted by Crippen LogP contribution is -2.15. The number of hydrogen-bond acceptors (Lipinski definition) is 2. The van der Waals surface area contributed by atoms with Crippen LogP contribution in [0.5, 0.6) is 0 Å². The van der Waals surface area contributed by atoms with E-state index in [9.17, 15) is 14.0 Å². The first kappa shape index (κ1) is 15.5. The highest BCUT2D eigenvalue weighted by Gasteiger charge is 2.17. The molecule has 0 unspecified atom stereocenters. The van der Waals surface area contributed by atoms with Crippen LogP contribution in [-0.4, -0.2) is 17.0 Å². The molecule has 1 amide bonds. The number of amides is 1. The smallest absolute Gasteiger partial charge is 0.337 e. The van der Waals surface area contributed by atoms with E-state index in [-0.39, 0.29) is 21.8 Å². The van der Waals surface area contributed by atoms with Gasteiger partial charge in [-0.25, -0.2) is 9.18 Å².